The summed E-state index contributed by atoms with van der Waals surface area (Å²) in [6.07, 6.45) is 2.29. The normalized spacial score (nSPS) is 26.8. The van der Waals surface area contributed by atoms with Gasteiger partial charge in [0.1, 0.15) is 0 Å². The molecule has 0 bridgehead atoms. The van der Waals surface area contributed by atoms with Crippen LogP contribution in [-0.4, -0.2) is 47.6 Å². The van der Waals surface area contributed by atoms with Gasteiger partial charge in [0.25, 0.3) is 0 Å². The number of carbonyl (C=O) groups excluding carboxylic acids is 1. The molecule has 0 saturated heterocycles. The monoisotopic (exact) mass is 298 g/mol. The molecule has 0 spiro atoms. The van der Waals surface area contributed by atoms with Crippen LogP contribution in [0.5, 0.6) is 0 Å². The van der Waals surface area contributed by atoms with Crippen molar-refractivity contribution in [3.63, 3.8) is 0 Å². The lowest BCUT2D eigenvalue weighted by Gasteiger charge is -2.25. The van der Waals surface area contributed by atoms with E-state index in [4.69, 9.17) is 0 Å². The summed E-state index contributed by atoms with van der Waals surface area (Å²) in [5, 5.41) is 12.3. The van der Waals surface area contributed by atoms with Crippen molar-refractivity contribution in [2.75, 3.05) is 19.6 Å². The maximum absolute atomic E-state index is 12.4. The highest BCUT2D eigenvalue weighted by Crippen LogP contribution is 2.38. The third-order valence-corrected chi connectivity index (χ3v) is 4.71. The van der Waals surface area contributed by atoms with Crippen LogP contribution in [0, 0.1) is 17.8 Å². The number of carboxylic acids is 1. The van der Waals surface area contributed by atoms with E-state index in [1.165, 1.54) is 0 Å². The van der Waals surface area contributed by atoms with Crippen LogP contribution in [0.1, 0.15) is 47.0 Å². The van der Waals surface area contributed by atoms with Crippen LogP contribution in [0.25, 0.3) is 0 Å². The quantitative estimate of drug-likeness (QED) is 0.719. The van der Waals surface area contributed by atoms with E-state index in [1.807, 2.05) is 6.92 Å². The summed E-state index contributed by atoms with van der Waals surface area (Å²) in [4.78, 5) is 26.0. The van der Waals surface area contributed by atoms with Gasteiger partial charge in [0.05, 0.1) is 11.8 Å². The number of hydrogen-bond donors (Lipinski definition) is 2. The van der Waals surface area contributed by atoms with Crippen molar-refractivity contribution < 1.29 is 14.7 Å². The molecule has 0 radical (unpaired) electrons. The zero-order chi connectivity index (χ0) is 16.0. The van der Waals surface area contributed by atoms with Crippen molar-refractivity contribution in [3.05, 3.63) is 0 Å². The van der Waals surface area contributed by atoms with Crippen molar-refractivity contribution in [2.24, 2.45) is 17.8 Å². The van der Waals surface area contributed by atoms with Gasteiger partial charge in [-0.25, -0.2) is 0 Å². The summed E-state index contributed by atoms with van der Waals surface area (Å²) in [5.74, 6) is -1.44. The van der Waals surface area contributed by atoms with Gasteiger partial charge in [-0.05, 0) is 38.8 Å². The minimum Gasteiger partial charge on any atom is -0.481 e. The zero-order valence-electron chi connectivity index (χ0n) is 13.8. The van der Waals surface area contributed by atoms with Crippen molar-refractivity contribution in [3.8, 4) is 0 Å². The molecule has 0 heterocycles. The van der Waals surface area contributed by atoms with Crippen LogP contribution in [0.4, 0.5) is 0 Å². The minimum atomic E-state index is -0.831. The van der Waals surface area contributed by atoms with Gasteiger partial charge in [-0.15, -0.1) is 0 Å². The highest BCUT2D eigenvalue weighted by Gasteiger charge is 2.42. The molecule has 5 heteroatoms. The molecule has 4 atom stereocenters. The number of aliphatic carboxylic acids is 1. The first kappa shape index (κ1) is 18.0. The number of nitrogens with zero attached hydrogens (tertiary/aromatic N) is 1. The summed E-state index contributed by atoms with van der Waals surface area (Å²) in [7, 11) is 0. The molecule has 0 aliphatic heterocycles. The predicted molar refractivity (Wildman–Crippen MR) is 83.0 cm³/mol. The van der Waals surface area contributed by atoms with E-state index in [0.717, 1.165) is 26.1 Å². The molecule has 1 saturated carbocycles. The highest BCUT2D eigenvalue weighted by molar-refractivity contribution is 5.85. The fourth-order valence-corrected chi connectivity index (χ4v) is 3.30. The van der Waals surface area contributed by atoms with E-state index >= 15 is 0 Å². The molecule has 21 heavy (non-hydrogen) atoms. The number of hydrogen-bond acceptors (Lipinski definition) is 3. The molecule has 1 aliphatic rings. The van der Waals surface area contributed by atoms with Gasteiger partial charge in [-0.3, -0.25) is 9.59 Å². The lowest BCUT2D eigenvalue weighted by atomic mass is 9.95. The molecule has 2 N–H and O–H groups in total. The molecule has 4 unspecified atom stereocenters. The van der Waals surface area contributed by atoms with Crippen molar-refractivity contribution in [2.45, 2.75) is 53.0 Å². The third kappa shape index (κ3) is 4.99. The van der Waals surface area contributed by atoms with E-state index in [9.17, 15) is 14.7 Å². The standard InChI is InChI=1S/C16H30N2O3/c1-5-12-8-13(14(9-12)16(20)21)15(19)17-11(4)10-18(6-2)7-3/h11-14H,5-10H2,1-4H3,(H,17,19)(H,20,21). The molecule has 0 aromatic heterocycles. The largest absolute Gasteiger partial charge is 0.481 e. The second kappa shape index (κ2) is 8.37. The number of carboxylic acid groups (broad SMARTS) is 1. The Labute approximate surface area is 128 Å². The van der Waals surface area contributed by atoms with Crippen LogP contribution >= 0.6 is 0 Å². The average Bonchev–Trinajstić information content (AvgIpc) is 2.89. The molecule has 5 nitrogen and oxygen atoms in total. The van der Waals surface area contributed by atoms with E-state index in [0.29, 0.717) is 18.8 Å². The van der Waals surface area contributed by atoms with Gasteiger partial charge in [0, 0.05) is 12.6 Å². The van der Waals surface area contributed by atoms with Crippen LogP contribution < -0.4 is 5.32 Å². The second-order valence-electron chi connectivity index (χ2n) is 6.19. The number of likely N-dealkylation sites (N-methyl/N-ethyl adjacent to an activating group) is 1. The molecule has 0 aromatic rings. The molecule has 1 aliphatic carbocycles. The van der Waals surface area contributed by atoms with E-state index in [2.05, 4.69) is 31.0 Å². The minimum absolute atomic E-state index is 0.0486. The Balaban J connectivity index is 2.58. The first-order valence-corrected chi connectivity index (χ1v) is 8.18. The third-order valence-electron chi connectivity index (χ3n) is 4.71. The van der Waals surface area contributed by atoms with E-state index in [1.54, 1.807) is 0 Å². The van der Waals surface area contributed by atoms with Crippen molar-refractivity contribution in [1.82, 2.24) is 10.2 Å². The lowest BCUT2D eigenvalue weighted by molar-refractivity contribution is -0.146. The Kier molecular flexibility index (Phi) is 7.15. The summed E-state index contributed by atoms with van der Waals surface area (Å²) in [5.41, 5.74) is 0. The second-order valence-corrected chi connectivity index (χ2v) is 6.19. The van der Waals surface area contributed by atoms with Crippen LogP contribution in [-0.2, 0) is 9.59 Å². The number of rotatable bonds is 8. The Morgan fingerprint density at radius 3 is 2.24 bits per heavy atom. The van der Waals surface area contributed by atoms with Gasteiger partial charge < -0.3 is 15.3 Å². The topological polar surface area (TPSA) is 69.6 Å². The van der Waals surface area contributed by atoms with Gasteiger partial charge >= 0.3 is 5.97 Å². The molecule has 1 amide bonds. The molecular weight excluding hydrogens is 268 g/mol. The fourth-order valence-electron chi connectivity index (χ4n) is 3.30. The molecule has 0 aromatic carbocycles. The first-order chi connectivity index (χ1) is 9.92. The van der Waals surface area contributed by atoms with Gasteiger partial charge in [0.15, 0.2) is 0 Å². The SMILES string of the molecule is CCC1CC(C(=O)O)C(C(=O)NC(C)CN(CC)CC)C1. The smallest absolute Gasteiger partial charge is 0.307 e. The van der Waals surface area contributed by atoms with E-state index < -0.39 is 11.9 Å². The summed E-state index contributed by atoms with van der Waals surface area (Å²) in [6.45, 7) is 11.0. The summed E-state index contributed by atoms with van der Waals surface area (Å²) >= 11 is 0. The molecule has 1 fully saturated rings. The lowest BCUT2D eigenvalue weighted by Crippen LogP contribution is -2.45. The number of nitrogens with one attached hydrogen (secondary N) is 1. The first-order valence-electron chi connectivity index (χ1n) is 8.18. The highest BCUT2D eigenvalue weighted by atomic mass is 16.4. The molecule has 122 valence electrons. The van der Waals surface area contributed by atoms with Crippen LogP contribution in [0.3, 0.4) is 0 Å². The Morgan fingerprint density at radius 2 is 1.76 bits per heavy atom. The summed E-state index contributed by atoms with van der Waals surface area (Å²) < 4.78 is 0. The van der Waals surface area contributed by atoms with Crippen molar-refractivity contribution in [1.29, 1.82) is 0 Å². The van der Waals surface area contributed by atoms with Crippen LogP contribution in [0.15, 0.2) is 0 Å². The number of amides is 1. The van der Waals surface area contributed by atoms with E-state index in [-0.39, 0.29) is 17.9 Å². The predicted octanol–water partition coefficient (Wildman–Crippen LogP) is 1.97. The van der Waals surface area contributed by atoms with Crippen LogP contribution in [0.2, 0.25) is 0 Å². The Morgan fingerprint density at radius 1 is 1.19 bits per heavy atom. The van der Waals surface area contributed by atoms with Gasteiger partial charge in [0.2, 0.25) is 5.91 Å². The fraction of sp³-hybridized carbons (Fsp3) is 0.875. The molecule has 1 rings (SSSR count). The average molecular weight is 298 g/mol. The Bertz CT molecular complexity index is 355. The summed E-state index contributed by atoms with van der Waals surface area (Å²) in [6, 6.07) is 0.0486. The van der Waals surface area contributed by atoms with Crippen molar-refractivity contribution >= 4 is 11.9 Å². The maximum atomic E-state index is 12.4. The zero-order valence-corrected chi connectivity index (χ0v) is 13.8. The maximum Gasteiger partial charge on any atom is 0.307 e. The van der Waals surface area contributed by atoms with Gasteiger partial charge in [-0.2, -0.15) is 0 Å². The Hall–Kier alpha value is -1.10. The molecular formula is C16H30N2O3. The number of carbonyl (C=O) groups is 2. The van der Waals surface area contributed by atoms with Gasteiger partial charge in [-0.1, -0.05) is 27.2 Å².